The minimum Gasteiger partial charge on any atom is -0.489 e. The van der Waals surface area contributed by atoms with Crippen molar-refractivity contribution in [3.8, 4) is 5.75 Å². The number of carboxylic acid groups (broad SMARTS) is 1. The first kappa shape index (κ1) is 17.9. The lowest BCUT2D eigenvalue weighted by Crippen LogP contribution is -2.33. The van der Waals surface area contributed by atoms with Crippen LogP contribution in [-0.4, -0.2) is 41.9 Å². The van der Waals surface area contributed by atoms with Gasteiger partial charge in [-0.05, 0) is 68.5 Å². The molecule has 0 amide bonds. The Morgan fingerprint density at radius 1 is 1.35 bits per heavy atom. The van der Waals surface area contributed by atoms with E-state index in [0.717, 1.165) is 23.7 Å². The second-order valence-corrected chi connectivity index (χ2v) is 9.10. The summed E-state index contributed by atoms with van der Waals surface area (Å²) >= 11 is 3.22. The van der Waals surface area contributed by atoms with Crippen molar-refractivity contribution in [1.82, 2.24) is 4.90 Å². The lowest BCUT2D eigenvalue weighted by atomic mass is 9.78. The second kappa shape index (κ2) is 7.62. The summed E-state index contributed by atoms with van der Waals surface area (Å²) in [4.78, 5) is 15.8. The highest BCUT2D eigenvalue weighted by molar-refractivity contribution is 8.00. The number of carbonyl (C=O) groups is 1. The van der Waals surface area contributed by atoms with E-state index in [9.17, 15) is 4.79 Å². The number of thioether (sulfide) groups is 1. The van der Waals surface area contributed by atoms with E-state index in [0.29, 0.717) is 18.4 Å². The van der Waals surface area contributed by atoms with E-state index in [1.165, 1.54) is 40.6 Å². The highest BCUT2D eigenvalue weighted by Gasteiger charge is 2.34. The van der Waals surface area contributed by atoms with Crippen molar-refractivity contribution in [2.75, 3.05) is 25.9 Å². The lowest BCUT2D eigenvalue weighted by Gasteiger charge is -2.34. The van der Waals surface area contributed by atoms with Crippen LogP contribution >= 0.6 is 23.1 Å². The monoisotopic (exact) mass is 389 g/mol. The molecular weight excluding hydrogens is 366 g/mol. The minimum absolute atomic E-state index is 0.0861. The summed E-state index contributed by atoms with van der Waals surface area (Å²) in [7, 11) is 2.19. The SMILES string of the molecule is CN1CCC(C2c3cc(SCC(=O)O)ccc3OCc3ccsc32)CC1. The number of benzene rings is 1. The fourth-order valence-electron chi connectivity index (χ4n) is 4.00. The Balaban J connectivity index is 1.72. The van der Waals surface area contributed by atoms with Crippen LogP contribution in [0.1, 0.15) is 34.8 Å². The van der Waals surface area contributed by atoms with Crippen molar-refractivity contribution in [2.24, 2.45) is 5.92 Å². The number of thiophene rings is 1. The molecule has 2 aromatic rings. The van der Waals surface area contributed by atoms with Crippen LogP contribution in [0.2, 0.25) is 0 Å². The molecule has 1 aromatic heterocycles. The zero-order chi connectivity index (χ0) is 18.1. The van der Waals surface area contributed by atoms with E-state index in [-0.39, 0.29) is 5.75 Å². The van der Waals surface area contributed by atoms with Gasteiger partial charge >= 0.3 is 5.97 Å². The second-order valence-electron chi connectivity index (χ2n) is 7.10. The van der Waals surface area contributed by atoms with Gasteiger partial charge in [0.1, 0.15) is 12.4 Å². The number of carboxylic acids is 1. The smallest absolute Gasteiger partial charge is 0.313 e. The molecular formula is C20H23NO3S2. The van der Waals surface area contributed by atoms with Crippen LogP contribution in [0, 0.1) is 5.92 Å². The van der Waals surface area contributed by atoms with Gasteiger partial charge in [0.05, 0.1) is 5.75 Å². The Kier molecular flexibility index (Phi) is 5.25. The quantitative estimate of drug-likeness (QED) is 0.791. The number of rotatable bonds is 4. The summed E-state index contributed by atoms with van der Waals surface area (Å²) in [6.07, 6.45) is 2.37. The van der Waals surface area contributed by atoms with Crippen molar-refractivity contribution in [2.45, 2.75) is 30.3 Å². The molecule has 1 unspecified atom stereocenters. The van der Waals surface area contributed by atoms with Crippen molar-refractivity contribution < 1.29 is 14.6 Å². The lowest BCUT2D eigenvalue weighted by molar-refractivity contribution is -0.133. The van der Waals surface area contributed by atoms with E-state index in [4.69, 9.17) is 9.84 Å². The van der Waals surface area contributed by atoms with Gasteiger partial charge < -0.3 is 14.7 Å². The topological polar surface area (TPSA) is 49.8 Å². The van der Waals surface area contributed by atoms with Gasteiger partial charge in [0.2, 0.25) is 0 Å². The molecule has 1 aromatic carbocycles. The first-order valence-corrected chi connectivity index (χ1v) is 10.8. The first-order valence-electron chi connectivity index (χ1n) is 8.98. The molecule has 1 N–H and O–H groups in total. The van der Waals surface area contributed by atoms with E-state index in [1.807, 2.05) is 23.5 Å². The fraction of sp³-hybridized carbons (Fsp3) is 0.450. The fourth-order valence-corrected chi connectivity index (χ4v) is 5.79. The molecule has 4 rings (SSSR count). The van der Waals surface area contributed by atoms with E-state index in [1.54, 1.807) is 0 Å². The van der Waals surface area contributed by atoms with Crippen molar-refractivity contribution in [3.05, 3.63) is 45.6 Å². The number of aliphatic carboxylic acids is 1. The van der Waals surface area contributed by atoms with Crippen molar-refractivity contribution in [3.63, 3.8) is 0 Å². The molecule has 3 heterocycles. The average molecular weight is 390 g/mol. The summed E-state index contributed by atoms with van der Waals surface area (Å²) in [5.74, 6) is 1.21. The van der Waals surface area contributed by atoms with E-state index in [2.05, 4.69) is 29.5 Å². The molecule has 26 heavy (non-hydrogen) atoms. The third-order valence-electron chi connectivity index (χ3n) is 5.36. The standard InChI is InChI=1S/C20H23NO3S2/c1-21-7-4-13(5-8-21)19-16-10-15(26-12-18(22)23)2-3-17(16)24-11-14-6-9-25-20(14)19/h2-3,6,9-10,13,19H,4-5,7-8,11-12H2,1H3,(H,22,23). The number of likely N-dealkylation sites (tertiary alicyclic amines) is 1. The number of piperidine rings is 1. The summed E-state index contributed by atoms with van der Waals surface area (Å²) < 4.78 is 6.13. The van der Waals surface area contributed by atoms with Gasteiger partial charge in [-0.25, -0.2) is 0 Å². The molecule has 1 fully saturated rings. The van der Waals surface area contributed by atoms with Gasteiger partial charge in [-0.1, -0.05) is 0 Å². The maximum atomic E-state index is 10.9. The number of hydrogen-bond donors (Lipinski definition) is 1. The molecule has 0 spiro atoms. The highest BCUT2D eigenvalue weighted by atomic mass is 32.2. The normalized spacial score (nSPS) is 20.7. The van der Waals surface area contributed by atoms with Crippen LogP contribution < -0.4 is 4.74 Å². The van der Waals surface area contributed by atoms with Crippen LogP contribution in [0.25, 0.3) is 0 Å². The van der Waals surface area contributed by atoms with Gasteiger partial charge in [-0.3, -0.25) is 4.79 Å². The third-order valence-corrected chi connectivity index (χ3v) is 7.38. The van der Waals surface area contributed by atoms with Crippen LogP contribution in [0.5, 0.6) is 5.75 Å². The van der Waals surface area contributed by atoms with Gasteiger partial charge in [-0.15, -0.1) is 23.1 Å². The Morgan fingerprint density at radius 3 is 2.92 bits per heavy atom. The summed E-state index contributed by atoms with van der Waals surface area (Å²) in [6, 6.07) is 8.37. The molecule has 0 radical (unpaired) electrons. The molecule has 4 nitrogen and oxygen atoms in total. The van der Waals surface area contributed by atoms with Crippen molar-refractivity contribution >= 4 is 29.1 Å². The van der Waals surface area contributed by atoms with Gasteiger partial charge in [0, 0.05) is 26.8 Å². The summed E-state index contributed by atoms with van der Waals surface area (Å²) in [5.41, 5.74) is 2.53. The summed E-state index contributed by atoms with van der Waals surface area (Å²) in [5, 5.41) is 11.2. The molecule has 1 saturated heterocycles. The number of hydrogen-bond acceptors (Lipinski definition) is 5. The maximum absolute atomic E-state index is 10.9. The van der Waals surface area contributed by atoms with Crippen molar-refractivity contribution in [1.29, 1.82) is 0 Å². The zero-order valence-electron chi connectivity index (χ0n) is 14.8. The molecule has 2 aliphatic rings. The van der Waals surface area contributed by atoms with Gasteiger partial charge in [0.25, 0.3) is 0 Å². The van der Waals surface area contributed by atoms with Crippen LogP contribution in [0.3, 0.4) is 0 Å². The van der Waals surface area contributed by atoms with Gasteiger partial charge in [-0.2, -0.15) is 0 Å². The summed E-state index contributed by atoms with van der Waals surface area (Å²) in [6.45, 7) is 2.88. The molecule has 0 saturated carbocycles. The first-order chi connectivity index (χ1) is 12.6. The van der Waals surface area contributed by atoms with Crippen LogP contribution in [0.15, 0.2) is 34.5 Å². The van der Waals surface area contributed by atoms with Crippen LogP contribution in [0.4, 0.5) is 0 Å². The molecule has 0 bridgehead atoms. The molecule has 0 aliphatic carbocycles. The number of ether oxygens (including phenoxy) is 1. The molecule has 138 valence electrons. The third kappa shape index (κ3) is 3.63. The Labute approximate surface area is 162 Å². The molecule has 6 heteroatoms. The largest absolute Gasteiger partial charge is 0.489 e. The Bertz CT molecular complexity index is 796. The van der Waals surface area contributed by atoms with Crippen LogP contribution in [-0.2, 0) is 11.4 Å². The van der Waals surface area contributed by atoms with Gasteiger partial charge in [0.15, 0.2) is 0 Å². The molecule has 1 atom stereocenters. The number of fused-ring (bicyclic) bond motifs is 2. The predicted molar refractivity (Wildman–Crippen MR) is 106 cm³/mol. The van der Waals surface area contributed by atoms with E-state index >= 15 is 0 Å². The Hall–Kier alpha value is -1.50. The minimum atomic E-state index is -0.784. The zero-order valence-corrected chi connectivity index (χ0v) is 16.4. The average Bonchev–Trinajstić information content (AvgIpc) is 3.03. The predicted octanol–water partition coefficient (Wildman–Crippen LogP) is 4.29. The number of nitrogens with zero attached hydrogens (tertiary/aromatic N) is 1. The van der Waals surface area contributed by atoms with E-state index < -0.39 is 5.97 Å². The molecule has 2 aliphatic heterocycles. The Morgan fingerprint density at radius 2 is 2.15 bits per heavy atom. The maximum Gasteiger partial charge on any atom is 0.313 e. The highest BCUT2D eigenvalue weighted by Crippen LogP contribution is 2.47.